The van der Waals surface area contributed by atoms with E-state index in [0.29, 0.717) is 17.9 Å². The molecular formula is C24H22N2O3. The van der Waals surface area contributed by atoms with Crippen molar-refractivity contribution in [3.63, 3.8) is 0 Å². The first-order chi connectivity index (χ1) is 14.2. The average molecular weight is 386 g/mol. The summed E-state index contributed by atoms with van der Waals surface area (Å²) in [6.45, 7) is 3.61. The Kier molecular flexibility index (Phi) is 7.18. The first-order valence-corrected chi connectivity index (χ1v) is 9.21. The Labute approximate surface area is 170 Å². The zero-order valence-electron chi connectivity index (χ0n) is 16.0. The molecule has 5 nitrogen and oxygen atoms in total. The summed E-state index contributed by atoms with van der Waals surface area (Å²) in [4.78, 5) is 12.0. The van der Waals surface area contributed by atoms with Gasteiger partial charge >= 0.3 is 0 Å². The van der Waals surface area contributed by atoms with Gasteiger partial charge in [-0.25, -0.2) is 5.43 Å². The Morgan fingerprint density at radius 1 is 0.966 bits per heavy atom. The molecule has 29 heavy (non-hydrogen) atoms. The normalized spacial score (nSPS) is 10.5. The first-order valence-electron chi connectivity index (χ1n) is 9.21. The van der Waals surface area contributed by atoms with Crippen LogP contribution in [-0.2, 0) is 11.2 Å². The number of ether oxygens (including phenoxy) is 2. The number of amides is 1. The number of hydrogen-bond acceptors (Lipinski definition) is 4. The summed E-state index contributed by atoms with van der Waals surface area (Å²) in [5.41, 5.74) is 4.25. The van der Waals surface area contributed by atoms with Crippen LogP contribution in [0, 0.1) is 0 Å². The third-order valence-corrected chi connectivity index (χ3v) is 3.94. The third-order valence-electron chi connectivity index (χ3n) is 3.94. The van der Waals surface area contributed by atoms with Crippen molar-refractivity contribution in [3.05, 3.63) is 103 Å². The molecule has 0 aliphatic heterocycles. The summed E-state index contributed by atoms with van der Waals surface area (Å²) in [7, 11) is 0. The molecule has 0 bridgehead atoms. The number of para-hydroxylation sites is 2. The molecule has 3 aromatic rings. The van der Waals surface area contributed by atoms with Crippen LogP contribution in [0.25, 0.3) is 0 Å². The molecule has 0 radical (unpaired) electrons. The number of benzene rings is 3. The van der Waals surface area contributed by atoms with E-state index < -0.39 is 0 Å². The summed E-state index contributed by atoms with van der Waals surface area (Å²) < 4.78 is 11.4. The van der Waals surface area contributed by atoms with E-state index in [4.69, 9.17) is 9.47 Å². The summed E-state index contributed by atoms with van der Waals surface area (Å²) in [5.74, 6) is 1.76. The van der Waals surface area contributed by atoms with Crippen LogP contribution in [0.3, 0.4) is 0 Å². The van der Waals surface area contributed by atoms with E-state index in [0.717, 1.165) is 16.9 Å². The molecular weight excluding hydrogens is 364 g/mol. The molecule has 3 aromatic carbocycles. The molecule has 5 heteroatoms. The maximum atomic E-state index is 12.0. The molecule has 0 heterocycles. The zero-order chi connectivity index (χ0) is 20.3. The predicted octanol–water partition coefficient (Wildman–Crippen LogP) is 4.74. The standard InChI is InChI=1S/C24H22N2O3/c1-2-9-20-11-6-7-15-23(20)28-18-24(27)26-25-17-19-10-8-14-22(16-19)29-21-12-4-3-5-13-21/h2-8,10-17H,1,9,18H2,(H,26,27)/b25-17+. The molecule has 0 unspecified atom stereocenters. The van der Waals surface area contributed by atoms with Crippen molar-refractivity contribution < 1.29 is 14.3 Å². The molecule has 0 fully saturated rings. The molecule has 1 amide bonds. The Morgan fingerprint density at radius 2 is 1.72 bits per heavy atom. The maximum absolute atomic E-state index is 12.0. The number of hydrazone groups is 1. The molecule has 0 saturated heterocycles. The second kappa shape index (κ2) is 10.5. The van der Waals surface area contributed by atoms with Gasteiger partial charge in [-0.2, -0.15) is 5.10 Å². The van der Waals surface area contributed by atoms with Crippen LogP contribution in [0.15, 0.2) is 96.6 Å². The van der Waals surface area contributed by atoms with E-state index in [1.54, 1.807) is 12.3 Å². The molecule has 0 aliphatic rings. The van der Waals surface area contributed by atoms with E-state index in [2.05, 4.69) is 17.1 Å². The SMILES string of the molecule is C=CCc1ccccc1OCC(=O)N/N=C/c1cccc(Oc2ccccc2)c1. The second-order valence-electron chi connectivity index (χ2n) is 6.17. The minimum Gasteiger partial charge on any atom is -0.483 e. The van der Waals surface area contributed by atoms with Crippen LogP contribution in [0.5, 0.6) is 17.2 Å². The monoisotopic (exact) mass is 386 g/mol. The molecule has 0 saturated carbocycles. The van der Waals surface area contributed by atoms with Gasteiger partial charge < -0.3 is 9.47 Å². The van der Waals surface area contributed by atoms with E-state index in [1.807, 2.05) is 78.9 Å². The van der Waals surface area contributed by atoms with Gasteiger partial charge in [0.2, 0.25) is 0 Å². The van der Waals surface area contributed by atoms with Crippen molar-refractivity contribution in [2.24, 2.45) is 5.10 Å². The highest BCUT2D eigenvalue weighted by Gasteiger charge is 2.05. The fourth-order valence-electron chi connectivity index (χ4n) is 2.61. The van der Waals surface area contributed by atoms with Gasteiger partial charge in [0.1, 0.15) is 17.2 Å². The molecule has 146 valence electrons. The molecule has 1 N–H and O–H groups in total. The van der Waals surface area contributed by atoms with Crippen LogP contribution in [0.4, 0.5) is 0 Å². The molecule has 3 rings (SSSR count). The third kappa shape index (κ3) is 6.36. The summed E-state index contributed by atoms with van der Waals surface area (Å²) in [6.07, 6.45) is 4.03. The van der Waals surface area contributed by atoms with Gasteiger partial charge in [-0.15, -0.1) is 6.58 Å². The first kappa shape index (κ1) is 19.9. The number of allylic oxidation sites excluding steroid dienone is 1. The molecule has 0 spiro atoms. The Morgan fingerprint density at radius 3 is 2.55 bits per heavy atom. The van der Waals surface area contributed by atoms with Gasteiger partial charge in [-0.1, -0.05) is 54.6 Å². The Balaban J connectivity index is 1.51. The van der Waals surface area contributed by atoms with Crippen molar-refractivity contribution >= 4 is 12.1 Å². The number of nitrogens with zero attached hydrogens (tertiary/aromatic N) is 1. The number of carbonyl (C=O) groups excluding carboxylic acids is 1. The lowest BCUT2D eigenvalue weighted by molar-refractivity contribution is -0.123. The fraction of sp³-hybridized carbons (Fsp3) is 0.0833. The smallest absolute Gasteiger partial charge is 0.277 e. The van der Waals surface area contributed by atoms with Crippen molar-refractivity contribution in [1.29, 1.82) is 0 Å². The van der Waals surface area contributed by atoms with Crippen molar-refractivity contribution in [3.8, 4) is 17.2 Å². The van der Waals surface area contributed by atoms with Gasteiger partial charge in [0.25, 0.3) is 5.91 Å². The van der Waals surface area contributed by atoms with Gasteiger partial charge in [-0.3, -0.25) is 4.79 Å². The Bertz CT molecular complexity index is 984. The number of carbonyl (C=O) groups is 1. The van der Waals surface area contributed by atoms with Crippen molar-refractivity contribution in [2.45, 2.75) is 6.42 Å². The van der Waals surface area contributed by atoms with Crippen molar-refractivity contribution in [1.82, 2.24) is 5.43 Å². The average Bonchev–Trinajstić information content (AvgIpc) is 2.74. The highest BCUT2D eigenvalue weighted by Crippen LogP contribution is 2.21. The fourth-order valence-corrected chi connectivity index (χ4v) is 2.61. The minimum absolute atomic E-state index is 0.122. The van der Waals surface area contributed by atoms with Crippen LogP contribution in [-0.4, -0.2) is 18.7 Å². The topological polar surface area (TPSA) is 59.9 Å². The predicted molar refractivity (Wildman–Crippen MR) is 115 cm³/mol. The van der Waals surface area contributed by atoms with Crippen LogP contribution in [0.1, 0.15) is 11.1 Å². The lowest BCUT2D eigenvalue weighted by Gasteiger charge is -2.09. The quantitative estimate of drug-likeness (QED) is 0.328. The lowest BCUT2D eigenvalue weighted by Crippen LogP contribution is -2.24. The second-order valence-corrected chi connectivity index (χ2v) is 6.17. The molecule has 0 aromatic heterocycles. The van der Waals surface area contributed by atoms with Gasteiger partial charge in [0.15, 0.2) is 6.61 Å². The highest BCUT2D eigenvalue weighted by molar-refractivity contribution is 5.83. The lowest BCUT2D eigenvalue weighted by atomic mass is 10.1. The minimum atomic E-state index is -0.341. The maximum Gasteiger partial charge on any atom is 0.277 e. The van der Waals surface area contributed by atoms with E-state index >= 15 is 0 Å². The van der Waals surface area contributed by atoms with E-state index in [9.17, 15) is 4.79 Å². The van der Waals surface area contributed by atoms with Gasteiger partial charge in [0.05, 0.1) is 6.21 Å². The molecule has 0 aliphatic carbocycles. The van der Waals surface area contributed by atoms with Gasteiger partial charge in [-0.05, 0) is 47.9 Å². The molecule has 0 atom stereocenters. The number of hydrogen-bond donors (Lipinski definition) is 1. The highest BCUT2D eigenvalue weighted by atomic mass is 16.5. The summed E-state index contributed by atoms with van der Waals surface area (Å²) >= 11 is 0. The van der Waals surface area contributed by atoms with Crippen LogP contribution >= 0.6 is 0 Å². The summed E-state index contributed by atoms with van der Waals surface area (Å²) in [6, 6.07) is 24.5. The Hall–Kier alpha value is -3.86. The van der Waals surface area contributed by atoms with Crippen molar-refractivity contribution in [2.75, 3.05) is 6.61 Å². The summed E-state index contributed by atoms with van der Waals surface area (Å²) in [5, 5.41) is 3.98. The van der Waals surface area contributed by atoms with Gasteiger partial charge in [0, 0.05) is 0 Å². The largest absolute Gasteiger partial charge is 0.483 e. The van der Waals surface area contributed by atoms with Crippen LogP contribution < -0.4 is 14.9 Å². The van der Waals surface area contributed by atoms with E-state index in [-0.39, 0.29) is 12.5 Å². The zero-order valence-corrected chi connectivity index (χ0v) is 16.0. The number of nitrogens with one attached hydrogen (secondary N) is 1. The number of rotatable bonds is 9. The van der Waals surface area contributed by atoms with Crippen LogP contribution in [0.2, 0.25) is 0 Å². The van der Waals surface area contributed by atoms with E-state index in [1.165, 1.54) is 0 Å².